The van der Waals surface area contributed by atoms with Crippen LogP contribution in [0.25, 0.3) is 0 Å². The maximum atomic E-state index is 12.6. The normalized spacial score (nSPS) is 16.0. The van der Waals surface area contributed by atoms with Crippen LogP contribution in [0.3, 0.4) is 0 Å². The van der Waals surface area contributed by atoms with Gasteiger partial charge in [0.1, 0.15) is 16.5 Å². The summed E-state index contributed by atoms with van der Waals surface area (Å²) in [6.45, 7) is 5.40. The highest BCUT2D eigenvalue weighted by molar-refractivity contribution is 7.18. The monoisotopic (exact) mass is 442 g/mol. The number of nitrogens with one attached hydrogen (secondary N) is 1. The van der Waals surface area contributed by atoms with Crippen LogP contribution >= 0.6 is 11.3 Å². The van der Waals surface area contributed by atoms with E-state index in [1.165, 1.54) is 7.11 Å². The Balaban J connectivity index is 2.11. The number of hydrogen-bond donors (Lipinski definition) is 1. The zero-order chi connectivity index (χ0) is 22.1. The highest BCUT2D eigenvalue weighted by atomic mass is 32.1. The van der Waals surface area contributed by atoms with Gasteiger partial charge in [0, 0.05) is 20.3 Å². The second-order valence-electron chi connectivity index (χ2n) is 6.99. The van der Waals surface area contributed by atoms with Gasteiger partial charge in [-0.2, -0.15) is 0 Å². The van der Waals surface area contributed by atoms with Crippen molar-refractivity contribution in [2.24, 2.45) is 0 Å². The lowest BCUT2D eigenvalue weighted by Gasteiger charge is -2.19. The van der Waals surface area contributed by atoms with Crippen LogP contribution in [0.2, 0.25) is 0 Å². The fourth-order valence-corrected chi connectivity index (χ4v) is 4.25. The number of carbonyl (C=O) groups excluding carboxylic acids is 3. The molecule has 1 amide bonds. The van der Waals surface area contributed by atoms with Gasteiger partial charge in [-0.25, -0.2) is 9.59 Å². The van der Waals surface area contributed by atoms with Gasteiger partial charge in [0.05, 0.1) is 31.4 Å². The van der Waals surface area contributed by atoms with E-state index in [2.05, 4.69) is 5.32 Å². The van der Waals surface area contributed by atoms with E-state index in [0.717, 1.165) is 30.8 Å². The molecule has 1 unspecified atom stereocenters. The molecule has 1 N–H and O–H groups in total. The molecule has 1 fully saturated rings. The Kier molecular flexibility index (Phi) is 9.70. The van der Waals surface area contributed by atoms with Crippen LogP contribution in [0.4, 0.5) is 5.00 Å². The molecule has 2 rings (SSSR count). The van der Waals surface area contributed by atoms with Gasteiger partial charge in [0.2, 0.25) is 5.91 Å². The van der Waals surface area contributed by atoms with Crippen LogP contribution in [0, 0.1) is 6.92 Å². The van der Waals surface area contributed by atoms with E-state index in [1.54, 1.807) is 13.8 Å². The van der Waals surface area contributed by atoms with Crippen LogP contribution in [0.1, 0.15) is 45.4 Å². The lowest BCUT2D eigenvalue weighted by Crippen LogP contribution is -2.35. The number of hydrogen-bond acceptors (Lipinski definition) is 9. The molecule has 1 saturated heterocycles. The van der Waals surface area contributed by atoms with Gasteiger partial charge < -0.3 is 24.3 Å². The third-order valence-corrected chi connectivity index (χ3v) is 5.73. The predicted molar refractivity (Wildman–Crippen MR) is 112 cm³/mol. The molecule has 1 aliphatic heterocycles. The van der Waals surface area contributed by atoms with Gasteiger partial charge >= 0.3 is 11.9 Å². The predicted octanol–water partition coefficient (Wildman–Crippen LogP) is 2.09. The smallest absolute Gasteiger partial charge is 0.348 e. The lowest BCUT2D eigenvalue weighted by molar-refractivity contribution is -0.117. The summed E-state index contributed by atoms with van der Waals surface area (Å²) in [5.74, 6) is -1.46. The second kappa shape index (κ2) is 12.0. The first-order valence-electron chi connectivity index (χ1n) is 9.93. The Bertz CT molecular complexity index is 744. The molecule has 1 atom stereocenters. The zero-order valence-electron chi connectivity index (χ0n) is 17.9. The summed E-state index contributed by atoms with van der Waals surface area (Å²) in [6, 6.07) is 0. The van der Waals surface area contributed by atoms with Crippen molar-refractivity contribution >= 4 is 34.2 Å². The minimum Gasteiger partial charge on any atom is -0.462 e. The van der Waals surface area contributed by atoms with E-state index < -0.39 is 11.9 Å². The van der Waals surface area contributed by atoms with Crippen molar-refractivity contribution in [2.75, 3.05) is 59.0 Å². The number of thiophene rings is 1. The van der Waals surface area contributed by atoms with Crippen LogP contribution in [-0.4, -0.2) is 82.5 Å². The van der Waals surface area contributed by atoms with Crippen LogP contribution in [0.5, 0.6) is 0 Å². The molecular weight excluding hydrogens is 412 g/mol. The molecule has 1 aromatic rings. The summed E-state index contributed by atoms with van der Waals surface area (Å²) in [6.07, 6.45) is 2.15. The molecule has 0 radical (unpaired) electrons. The van der Waals surface area contributed by atoms with Crippen molar-refractivity contribution in [1.29, 1.82) is 0 Å². The Morgan fingerprint density at radius 2 is 2.00 bits per heavy atom. The Hall–Kier alpha value is -2.01. The molecule has 10 heteroatoms. The largest absolute Gasteiger partial charge is 0.462 e. The molecule has 1 aliphatic rings. The van der Waals surface area contributed by atoms with Gasteiger partial charge in [-0.05, 0) is 39.3 Å². The van der Waals surface area contributed by atoms with E-state index in [1.807, 2.05) is 11.9 Å². The first kappa shape index (κ1) is 24.3. The highest BCUT2D eigenvalue weighted by Crippen LogP contribution is 2.34. The van der Waals surface area contributed by atoms with E-state index in [9.17, 15) is 14.4 Å². The van der Waals surface area contributed by atoms with Crippen LogP contribution < -0.4 is 5.32 Å². The molecule has 0 bridgehead atoms. The summed E-state index contributed by atoms with van der Waals surface area (Å²) in [7, 11) is 3.35. The molecule has 9 nitrogen and oxygen atoms in total. The number of carbonyl (C=O) groups is 3. The lowest BCUT2D eigenvalue weighted by atomic mass is 10.1. The topological polar surface area (TPSA) is 103 Å². The standard InChI is InChI=1S/C20H30N2O7S/c1-5-27-19(24)16-13(2)17(20(25)29-10-9-26-4)30-18(16)21-15(23)12-22(3)11-14-7-6-8-28-14/h14H,5-12H2,1-4H3,(H,21,23). The fourth-order valence-electron chi connectivity index (χ4n) is 3.14. The van der Waals surface area contributed by atoms with Crippen molar-refractivity contribution in [3.8, 4) is 0 Å². The first-order valence-corrected chi connectivity index (χ1v) is 10.8. The average Bonchev–Trinajstić information content (AvgIpc) is 3.29. The third kappa shape index (κ3) is 6.76. The second-order valence-corrected chi connectivity index (χ2v) is 8.01. The summed E-state index contributed by atoms with van der Waals surface area (Å²) >= 11 is 1.00. The van der Waals surface area contributed by atoms with Gasteiger partial charge in [0.15, 0.2) is 0 Å². The molecule has 1 aromatic heterocycles. The fraction of sp³-hybridized carbons (Fsp3) is 0.650. The number of anilines is 1. The molecule has 168 valence electrons. The average molecular weight is 443 g/mol. The number of amides is 1. The minimum atomic E-state index is -0.592. The molecule has 0 aliphatic carbocycles. The zero-order valence-corrected chi connectivity index (χ0v) is 18.8. The Morgan fingerprint density at radius 3 is 2.63 bits per heavy atom. The SMILES string of the molecule is CCOC(=O)c1c(NC(=O)CN(C)CC2CCCO2)sc(C(=O)OCCOC)c1C. The minimum absolute atomic E-state index is 0.0944. The Morgan fingerprint density at radius 1 is 1.23 bits per heavy atom. The van der Waals surface area contributed by atoms with Gasteiger partial charge in [-0.1, -0.05) is 0 Å². The maximum absolute atomic E-state index is 12.6. The van der Waals surface area contributed by atoms with Crippen molar-refractivity contribution in [2.45, 2.75) is 32.8 Å². The summed E-state index contributed by atoms with van der Waals surface area (Å²) in [5, 5.41) is 3.03. The first-order chi connectivity index (χ1) is 14.4. The molecule has 0 spiro atoms. The van der Waals surface area contributed by atoms with Gasteiger partial charge in [-0.3, -0.25) is 9.69 Å². The van der Waals surface area contributed by atoms with Crippen LogP contribution in [-0.2, 0) is 23.7 Å². The number of esters is 2. The van der Waals surface area contributed by atoms with Crippen molar-refractivity contribution in [3.05, 3.63) is 16.0 Å². The third-order valence-electron chi connectivity index (χ3n) is 4.54. The van der Waals surface area contributed by atoms with Gasteiger partial charge in [0.25, 0.3) is 0 Å². The van der Waals surface area contributed by atoms with Crippen LogP contribution in [0.15, 0.2) is 0 Å². The number of nitrogens with zero attached hydrogens (tertiary/aromatic N) is 1. The van der Waals surface area contributed by atoms with E-state index in [4.69, 9.17) is 18.9 Å². The molecular formula is C20H30N2O7S. The molecule has 2 heterocycles. The summed E-state index contributed by atoms with van der Waals surface area (Å²) < 4.78 is 20.7. The molecule has 0 aromatic carbocycles. The Labute approximate surface area is 180 Å². The summed E-state index contributed by atoms with van der Waals surface area (Å²) in [4.78, 5) is 39.5. The van der Waals surface area contributed by atoms with E-state index in [-0.39, 0.29) is 53.8 Å². The molecule has 0 saturated carbocycles. The van der Waals surface area contributed by atoms with E-state index in [0.29, 0.717) is 12.1 Å². The van der Waals surface area contributed by atoms with Crippen molar-refractivity contribution < 1.29 is 33.3 Å². The number of likely N-dealkylation sites (N-methyl/N-ethyl adjacent to an activating group) is 1. The highest BCUT2D eigenvalue weighted by Gasteiger charge is 2.28. The maximum Gasteiger partial charge on any atom is 0.348 e. The van der Waals surface area contributed by atoms with Crippen molar-refractivity contribution in [3.63, 3.8) is 0 Å². The number of methoxy groups -OCH3 is 1. The molecule has 30 heavy (non-hydrogen) atoms. The number of rotatable bonds is 11. The van der Waals surface area contributed by atoms with E-state index >= 15 is 0 Å². The number of ether oxygens (including phenoxy) is 4. The summed E-state index contributed by atoms with van der Waals surface area (Å²) in [5.41, 5.74) is 0.597. The quantitative estimate of drug-likeness (QED) is 0.410. The van der Waals surface area contributed by atoms with Gasteiger partial charge in [-0.15, -0.1) is 11.3 Å². The van der Waals surface area contributed by atoms with Crippen molar-refractivity contribution in [1.82, 2.24) is 4.90 Å².